The van der Waals surface area contributed by atoms with Gasteiger partial charge in [0, 0.05) is 18.9 Å². The molecule has 1 saturated carbocycles. The number of carbonyl (C=O) groups excluding carboxylic acids is 1. The fourth-order valence-corrected chi connectivity index (χ4v) is 2.18. The monoisotopic (exact) mass is 255 g/mol. The molecule has 1 atom stereocenters. The fraction of sp³-hybridized carbons (Fsp3) is 0.857. The maximum atomic E-state index is 11.7. The van der Waals surface area contributed by atoms with E-state index in [1.165, 1.54) is 0 Å². The molecule has 0 aromatic carbocycles. The maximum absolute atomic E-state index is 11.7. The predicted molar refractivity (Wildman–Crippen MR) is 70.2 cm³/mol. The summed E-state index contributed by atoms with van der Waals surface area (Å²) in [4.78, 5) is 21.9. The van der Waals surface area contributed by atoms with E-state index in [9.17, 15) is 9.59 Å². The van der Waals surface area contributed by atoms with Gasteiger partial charge >= 0.3 is 5.97 Å². The summed E-state index contributed by atoms with van der Waals surface area (Å²) in [5.41, 5.74) is 0.209. The van der Waals surface area contributed by atoms with Crippen LogP contribution in [0.4, 0.5) is 0 Å². The van der Waals surface area contributed by atoms with Gasteiger partial charge in [-0.15, -0.1) is 0 Å². The topological polar surface area (TPSA) is 66.4 Å². The molecule has 0 aromatic rings. The number of unbranched alkanes of at least 4 members (excludes halogenated alkanes) is 4. The molecule has 1 aliphatic rings. The normalized spacial score (nSPS) is 20.4. The quantitative estimate of drug-likeness (QED) is 0.622. The van der Waals surface area contributed by atoms with Gasteiger partial charge in [-0.25, -0.2) is 0 Å². The molecule has 1 amide bonds. The first-order chi connectivity index (χ1) is 8.43. The predicted octanol–water partition coefficient (Wildman–Crippen LogP) is 2.57. The summed E-state index contributed by atoms with van der Waals surface area (Å²) in [6.45, 7) is 5.00. The first-order valence-electron chi connectivity index (χ1n) is 6.93. The van der Waals surface area contributed by atoms with Crippen molar-refractivity contribution in [1.82, 2.24) is 5.32 Å². The Bertz CT molecular complexity index is 299. The zero-order valence-corrected chi connectivity index (χ0v) is 11.5. The van der Waals surface area contributed by atoms with Gasteiger partial charge in [0.15, 0.2) is 0 Å². The highest BCUT2D eigenvalue weighted by Crippen LogP contribution is 2.51. The van der Waals surface area contributed by atoms with Crippen molar-refractivity contribution < 1.29 is 14.7 Å². The highest BCUT2D eigenvalue weighted by molar-refractivity contribution is 5.82. The Morgan fingerprint density at radius 1 is 1.17 bits per heavy atom. The van der Waals surface area contributed by atoms with Crippen LogP contribution >= 0.6 is 0 Å². The van der Waals surface area contributed by atoms with E-state index in [-0.39, 0.29) is 23.7 Å². The van der Waals surface area contributed by atoms with Crippen LogP contribution in [-0.4, -0.2) is 23.5 Å². The van der Waals surface area contributed by atoms with E-state index in [1.54, 1.807) is 0 Å². The van der Waals surface area contributed by atoms with Gasteiger partial charge in [-0.3, -0.25) is 9.59 Å². The van der Waals surface area contributed by atoms with E-state index < -0.39 is 5.97 Å². The van der Waals surface area contributed by atoms with E-state index in [4.69, 9.17) is 5.11 Å². The number of amides is 1. The number of rotatable bonds is 9. The average molecular weight is 255 g/mol. The van der Waals surface area contributed by atoms with Gasteiger partial charge in [-0.05, 0) is 24.7 Å². The molecule has 2 N–H and O–H groups in total. The average Bonchev–Trinajstić information content (AvgIpc) is 2.91. The highest BCUT2D eigenvalue weighted by atomic mass is 16.4. The molecule has 1 fully saturated rings. The number of nitrogens with one attached hydrogen (secondary N) is 1. The van der Waals surface area contributed by atoms with Crippen molar-refractivity contribution >= 4 is 11.9 Å². The van der Waals surface area contributed by atoms with E-state index in [0.717, 1.165) is 45.1 Å². The lowest BCUT2D eigenvalue weighted by molar-refractivity contribution is -0.137. The first-order valence-corrected chi connectivity index (χ1v) is 6.93. The van der Waals surface area contributed by atoms with Crippen LogP contribution in [0.2, 0.25) is 0 Å². The van der Waals surface area contributed by atoms with Gasteiger partial charge in [0.2, 0.25) is 5.91 Å². The third-order valence-electron chi connectivity index (χ3n) is 3.70. The molecule has 0 spiro atoms. The second-order valence-electron chi connectivity index (χ2n) is 5.95. The Morgan fingerprint density at radius 2 is 1.72 bits per heavy atom. The number of hydrogen-bond donors (Lipinski definition) is 2. The van der Waals surface area contributed by atoms with Gasteiger partial charge in [0.1, 0.15) is 0 Å². The van der Waals surface area contributed by atoms with Crippen molar-refractivity contribution in [3.8, 4) is 0 Å². The van der Waals surface area contributed by atoms with Crippen molar-refractivity contribution in [3.63, 3.8) is 0 Å². The van der Waals surface area contributed by atoms with Crippen molar-refractivity contribution in [3.05, 3.63) is 0 Å². The molecule has 4 nitrogen and oxygen atoms in total. The zero-order valence-electron chi connectivity index (χ0n) is 11.5. The molecule has 0 radical (unpaired) electrons. The van der Waals surface area contributed by atoms with Gasteiger partial charge in [0.05, 0.1) is 0 Å². The number of carboxylic acid groups (broad SMARTS) is 1. The molecule has 0 bridgehead atoms. The summed E-state index contributed by atoms with van der Waals surface area (Å²) in [6.07, 6.45) is 6.12. The summed E-state index contributed by atoms with van der Waals surface area (Å²) >= 11 is 0. The summed E-state index contributed by atoms with van der Waals surface area (Å²) in [6, 6.07) is 0. The van der Waals surface area contributed by atoms with Crippen LogP contribution in [0, 0.1) is 11.3 Å². The lowest BCUT2D eigenvalue weighted by Gasteiger charge is -2.06. The molecule has 104 valence electrons. The van der Waals surface area contributed by atoms with Crippen molar-refractivity contribution in [1.29, 1.82) is 0 Å². The fourth-order valence-electron chi connectivity index (χ4n) is 2.18. The number of aliphatic carboxylic acids is 1. The molecule has 0 aromatic heterocycles. The zero-order chi connectivity index (χ0) is 13.6. The summed E-state index contributed by atoms with van der Waals surface area (Å²) in [5.74, 6) is -0.298. The standard InChI is InChI=1S/C14H25NO3/c1-14(2)10-11(14)13(18)15-9-7-5-3-4-6-8-12(16)17/h11H,3-10H2,1-2H3,(H,15,18)(H,16,17)/t11-/m1/s1. The smallest absolute Gasteiger partial charge is 0.303 e. The Morgan fingerprint density at radius 3 is 2.28 bits per heavy atom. The Hall–Kier alpha value is -1.06. The van der Waals surface area contributed by atoms with E-state index >= 15 is 0 Å². The van der Waals surface area contributed by atoms with Crippen LogP contribution in [0.15, 0.2) is 0 Å². The van der Waals surface area contributed by atoms with Crippen LogP contribution in [-0.2, 0) is 9.59 Å². The molecular formula is C14H25NO3. The Balaban J connectivity index is 1.87. The molecule has 1 rings (SSSR count). The molecule has 0 heterocycles. The van der Waals surface area contributed by atoms with Crippen LogP contribution < -0.4 is 5.32 Å². The largest absolute Gasteiger partial charge is 0.481 e. The number of carboxylic acids is 1. The summed E-state index contributed by atoms with van der Waals surface area (Å²) in [7, 11) is 0. The van der Waals surface area contributed by atoms with Gasteiger partial charge in [-0.2, -0.15) is 0 Å². The van der Waals surface area contributed by atoms with Crippen molar-refractivity contribution in [2.45, 2.75) is 58.8 Å². The van der Waals surface area contributed by atoms with Gasteiger partial charge in [0.25, 0.3) is 0 Å². The third-order valence-corrected chi connectivity index (χ3v) is 3.70. The summed E-state index contributed by atoms with van der Waals surface area (Å²) in [5, 5.41) is 11.4. The van der Waals surface area contributed by atoms with Gasteiger partial charge in [-0.1, -0.05) is 33.1 Å². The summed E-state index contributed by atoms with van der Waals surface area (Å²) < 4.78 is 0. The molecular weight excluding hydrogens is 230 g/mol. The second kappa shape index (κ2) is 6.76. The molecule has 0 saturated heterocycles. The minimum absolute atomic E-state index is 0.200. The third kappa shape index (κ3) is 5.52. The van der Waals surface area contributed by atoms with Crippen molar-refractivity contribution in [2.24, 2.45) is 11.3 Å². The SMILES string of the molecule is CC1(C)C[C@@H]1C(=O)NCCCCCCCC(=O)O. The molecule has 4 heteroatoms. The van der Waals surface area contributed by atoms with Gasteiger partial charge < -0.3 is 10.4 Å². The highest BCUT2D eigenvalue weighted by Gasteiger charge is 2.50. The minimum atomic E-state index is -0.714. The van der Waals surface area contributed by atoms with Crippen LogP contribution in [0.1, 0.15) is 58.8 Å². The van der Waals surface area contributed by atoms with Crippen LogP contribution in [0.5, 0.6) is 0 Å². The molecule has 0 unspecified atom stereocenters. The number of hydrogen-bond acceptors (Lipinski definition) is 2. The van der Waals surface area contributed by atoms with Crippen molar-refractivity contribution in [2.75, 3.05) is 6.54 Å². The van der Waals surface area contributed by atoms with E-state index in [2.05, 4.69) is 19.2 Å². The lowest BCUT2D eigenvalue weighted by atomic mass is 10.1. The molecule has 0 aliphatic heterocycles. The van der Waals surface area contributed by atoms with E-state index in [1.807, 2.05) is 0 Å². The Labute approximate surface area is 109 Å². The first kappa shape index (κ1) is 15.0. The minimum Gasteiger partial charge on any atom is -0.481 e. The second-order valence-corrected chi connectivity index (χ2v) is 5.95. The Kier molecular flexibility index (Phi) is 5.63. The number of carbonyl (C=O) groups is 2. The maximum Gasteiger partial charge on any atom is 0.303 e. The van der Waals surface area contributed by atoms with Crippen LogP contribution in [0.3, 0.4) is 0 Å². The van der Waals surface area contributed by atoms with E-state index in [0.29, 0.717) is 0 Å². The lowest BCUT2D eigenvalue weighted by Crippen LogP contribution is -2.27. The molecule has 18 heavy (non-hydrogen) atoms. The molecule has 1 aliphatic carbocycles. The van der Waals surface area contributed by atoms with Crippen LogP contribution in [0.25, 0.3) is 0 Å².